The van der Waals surface area contributed by atoms with Crippen molar-refractivity contribution in [3.63, 3.8) is 0 Å². The highest BCUT2D eigenvalue weighted by Crippen LogP contribution is 2.23. The molecule has 0 bridgehead atoms. The van der Waals surface area contributed by atoms with Crippen molar-refractivity contribution in [2.75, 3.05) is 19.6 Å². The van der Waals surface area contributed by atoms with Gasteiger partial charge in [-0.25, -0.2) is 0 Å². The van der Waals surface area contributed by atoms with Gasteiger partial charge in [0, 0.05) is 13.1 Å². The lowest BCUT2D eigenvalue weighted by Crippen LogP contribution is -2.42. The van der Waals surface area contributed by atoms with Gasteiger partial charge in [-0.1, -0.05) is 31.0 Å². The molecule has 3 rings (SSSR count). The maximum Gasteiger partial charge on any atom is 0.241 e. The second-order valence-electron chi connectivity index (χ2n) is 6.56. The summed E-state index contributed by atoms with van der Waals surface area (Å²) in [6.07, 6.45) is 5.39. The van der Waals surface area contributed by atoms with Gasteiger partial charge in [-0.15, -0.1) is 11.3 Å². The van der Waals surface area contributed by atoms with E-state index in [0.29, 0.717) is 18.3 Å². The molecule has 25 heavy (non-hydrogen) atoms. The van der Waals surface area contributed by atoms with Gasteiger partial charge < -0.3 is 9.84 Å². The number of unbranched alkanes of at least 4 members (excludes halogenated alkanes) is 2. The number of nitrogens with zero attached hydrogens (tertiary/aromatic N) is 3. The zero-order chi connectivity index (χ0) is 17.5. The molecule has 2 aromatic heterocycles. The van der Waals surface area contributed by atoms with Crippen LogP contribution < -0.4 is 5.32 Å². The van der Waals surface area contributed by atoms with E-state index in [-0.39, 0.29) is 11.8 Å². The SMILES string of the molecule is CCCCCNC(=O)C1CCCN(Cc2nc(-c3cccs3)no2)C1. The lowest BCUT2D eigenvalue weighted by Gasteiger charge is -2.30. The maximum atomic E-state index is 12.3. The fraction of sp³-hybridized carbons (Fsp3) is 0.611. The molecule has 1 aliphatic rings. The molecule has 2 aromatic rings. The minimum atomic E-state index is 0.0649. The summed E-state index contributed by atoms with van der Waals surface area (Å²) in [5.74, 6) is 1.51. The topological polar surface area (TPSA) is 71.3 Å². The van der Waals surface area contributed by atoms with Crippen LogP contribution in [0.3, 0.4) is 0 Å². The number of nitrogens with one attached hydrogen (secondary N) is 1. The molecular formula is C18H26N4O2S. The number of likely N-dealkylation sites (tertiary alicyclic amines) is 1. The Morgan fingerprint density at radius 3 is 3.20 bits per heavy atom. The van der Waals surface area contributed by atoms with Crippen molar-refractivity contribution >= 4 is 17.2 Å². The van der Waals surface area contributed by atoms with E-state index < -0.39 is 0 Å². The molecular weight excluding hydrogens is 336 g/mol. The Kier molecular flexibility index (Phi) is 6.58. The Balaban J connectivity index is 1.49. The molecule has 1 fully saturated rings. The molecule has 1 amide bonds. The number of thiophene rings is 1. The van der Waals surface area contributed by atoms with Gasteiger partial charge in [-0.05, 0) is 37.3 Å². The van der Waals surface area contributed by atoms with Gasteiger partial charge in [0.25, 0.3) is 0 Å². The minimum absolute atomic E-state index is 0.0649. The van der Waals surface area contributed by atoms with Crippen LogP contribution in [-0.4, -0.2) is 40.6 Å². The van der Waals surface area contributed by atoms with Crippen molar-refractivity contribution in [1.29, 1.82) is 0 Å². The molecule has 1 saturated heterocycles. The first-order valence-electron chi connectivity index (χ1n) is 9.12. The fourth-order valence-electron chi connectivity index (χ4n) is 3.16. The molecule has 0 saturated carbocycles. The average Bonchev–Trinajstić information content (AvgIpc) is 3.30. The van der Waals surface area contributed by atoms with Crippen molar-refractivity contribution in [3.05, 3.63) is 23.4 Å². The molecule has 1 aliphatic heterocycles. The number of rotatable bonds is 8. The standard InChI is InChI=1S/C18H26N4O2S/c1-2-3-4-9-19-18(23)14-7-5-10-22(12-14)13-16-20-17(21-24-16)15-8-6-11-25-15/h6,8,11,14H,2-5,7,9-10,12-13H2,1H3,(H,19,23). The number of amides is 1. The highest BCUT2D eigenvalue weighted by molar-refractivity contribution is 7.13. The Hall–Kier alpha value is -1.73. The second-order valence-corrected chi connectivity index (χ2v) is 7.51. The van der Waals surface area contributed by atoms with Crippen LogP contribution >= 0.6 is 11.3 Å². The lowest BCUT2D eigenvalue weighted by molar-refractivity contribution is -0.126. The van der Waals surface area contributed by atoms with E-state index in [0.717, 1.165) is 43.8 Å². The van der Waals surface area contributed by atoms with Crippen LogP contribution in [-0.2, 0) is 11.3 Å². The number of hydrogen-bond donors (Lipinski definition) is 1. The number of hydrogen-bond acceptors (Lipinski definition) is 6. The molecule has 0 radical (unpaired) electrons. The van der Waals surface area contributed by atoms with Gasteiger partial charge >= 0.3 is 0 Å². The summed E-state index contributed by atoms with van der Waals surface area (Å²) < 4.78 is 5.38. The van der Waals surface area contributed by atoms with Gasteiger partial charge in [0.1, 0.15) is 0 Å². The van der Waals surface area contributed by atoms with E-state index in [9.17, 15) is 4.79 Å². The first-order chi connectivity index (χ1) is 12.3. The molecule has 1 unspecified atom stereocenters. The molecule has 1 atom stereocenters. The highest BCUT2D eigenvalue weighted by atomic mass is 32.1. The van der Waals surface area contributed by atoms with Crippen molar-refractivity contribution in [2.45, 2.75) is 45.6 Å². The molecule has 0 aliphatic carbocycles. The van der Waals surface area contributed by atoms with E-state index in [1.165, 1.54) is 12.8 Å². The smallest absolute Gasteiger partial charge is 0.241 e. The lowest BCUT2D eigenvalue weighted by atomic mass is 9.97. The maximum absolute atomic E-state index is 12.3. The fourth-order valence-corrected chi connectivity index (χ4v) is 3.81. The highest BCUT2D eigenvalue weighted by Gasteiger charge is 2.26. The number of aromatic nitrogens is 2. The van der Waals surface area contributed by atoms with Crippen LogP contribution in [0.15, 0.2) is 22.0 Å². The largest absolute Gasteiger partial charge is 0.356 e. The van der Waals surface area contributed by atoms with Crippen LogP contribution in [0.1, 0.15) is 44.9 Å². The van der Waals surface area contributed by atoms with Crippen LogP contribution in [0, 0.1) is 5.92 Å². The van der Waals surface area contributed by atoms with Crippen molar-refractivity contribution in [2.24, 2.45) is 5.92 Å². The van der Waals surface area contributed by atoms with E-state index >= 15 is 0 Å². The van der Waals surface area contributed by atoms with E-state index in [4.69, 9.17) is 4.52 Å². The second kappa shape index (κ2) is 9.10. The summed E-state index contributed by atoms with van der Waals surface area (Å²) in [7, 11) is 0. The van der Waals surface area contributed by atoms with Crippen molar-refractivity contribution in [1.82, 2.24) is 20.4 Å². The van der Waals surface area contributed by atoms with E-state index in [2.05, 4.69) is 27.3 Å². The Labute approximate surface area is 152 Å². The van der Waals surface area contributed by atoms with Crippen LogP contribution in [0.25, 0.3) is 10.7 Å². The molecule has 3 heterocycles. The van der Waals surface area contributed by atoms with E-state index in [1.807, 2.05) is 17.5 Å². The summed E-state index contributed by atoms with van der Waals surface area (Å²) >= 11 is 1.60. The monoisotopic (exact) mass is 362 g/mol. The van der Waals surface area contributed by atoms with Crippen LogP contribution in [0.4, 0.5) is 0 Å². The molecule has 0 aromatic carbocycles. The minimum Gasteiger partial charge on any atom is -0.356 e. The summed E-state index contributed by atoms with van der Waals surface area (Å²) in [6, 6.07) is 3.96. The quantitative estimate of drug-likeness (QED) is 0.730. The predicted octanol–water partition coefficient (Wildman–Crippen LogP) is 3.32. The summed E-state index contributed by atoms with van der Waals surface area (Å²) in [6.45, 7) is 5.30. The van der Waals surface area contributed by atoms with Gasteiger partial charge in [0.05, 0.1) is 17.3 Å². The van der Waals surface area contributed by atoms with Gasteiger partial charge in [-0.3, -0.25) is 9.69 Å². The van der Waals surface area contributed by atoms with Crippen LogP contribution in [0.5, 0.6) is 0 Å². The molecule has 136 valence electrons. The Morgan fingerprint density at radius 2 is 2.40 bits per heavy atom. The summed E-state index contributed by atoms with van der Waals surface area (Å²) in [5.41, 5.74) is 0. The number of carbonyl (C=O) groups excluding carboxylic acids is 1. The third-order valence-electron chi connectivity index (χ3n) is 4.52. The normalized spacial score (nSPS) is 18.4. The summed E-state index contributed by atoms with van der Waals surface area (Å²) in [4.78, 5) is 20.1. The molecule has 0 spiro atoms. The zero-order valence-corrected chi connectivity index (χ0v) is 15.6. The van der Waals surface area contributed by atoms with E-state index in [1.54, 1.807) is 11.3 Å². The van der Waals surface area contributed by atoms with Gasteiger partial charge in [0.15, 0.2) is 0 Å². The number of carbonyl (C=O) groups is 1. The third-order valence-corrected chi connectivity index (χ3v) is 5.39. The predicted molar refractivity (Wildman–Crippen MR) is 98.1 cm³/mol. The first-order valence-corrected chi connectivity index (χ1v) is 10.0. The van der Waals surface area contributed by atoms with Gasteiger partial charge in [-0.2, -0.15) is 4.98 Å². The molecule has 1 N–H and O–H groups in total. The zero-order valence-electron chi connectivity index (χ0n) is 14.7. The van der Waals surface area contributed by atoms with Crippen molar-refractivity contribution < 1.29 is 9.32 Å². The first kappa shape index (κ1) is 18.1. The Bertz CT molecular complexity index is 656. The molecule has 6 nitrogen and oxygen atoms in total. The Morgan fingerprint density at radius 1 is 1.48 bits per heavy atom. The van der Waals surface area contributed by atoms with Gasteiger partial charge in [0.2, 0.25) is 17.6 Å². The average molecular weight is 362 g/mol. The number of piperidine rings is 1. The van der Waals surface area contributed by atoms with Crippen molar-refractivity contribution in [3.8, 4) is 10.7 Å². The summed E-state index contributed by atoms with van der Waals surface area (Å²) in [5, 5.41) is 9.13. The van der Waals surface area contributed by atoms with Crippen LogP contribution in [0.2, 0.25) is 0 Å². The third kappa shape index (κ3) is 5.12. The molecule has 7 heteroatoms.